The first-order valence-corrected chi connectivity index (χ1v) is 7.97. The molecule has 1 fully saturated rings. The smallest absolute Gasteiger partial charge is 0.239 e. The van der Waals surface area contributed by atoms with Crippen LogP contribution in [0, 0.1) is 5.82 Å². The van der Waals surface area contributed by atoms with E-state index in [1.54, 1.807) is 24.3 Å². The molecule has 1 saturated carbocycles. The van der Waals surface area contributed by atoms with Crippen molar-refractivity contribution < 1.29 is 18.4 Å². The number of carbonyl (C=O) groups excluding carboxylic acids is 2. The van der Waals surface area contributed by atoms with Crippen molar-refractivity contribution in [3.8, 4) is 0 Å². The molecule has 2 aromatic rings. The second-order valence-corrected chi connectivity index (χ2v) is 5.95. The minimum absolute atomic E-state index is 0.0643. The van der Waals surface area contributed by atoms with E-state index in [0.717, 1.165) is 12.8 Å². The van der Waals surface area contributed by atoms with Crippen molar-refractivity contribution in [1.82, 2.24) is 10.6 Å². The normalized spacial score (nSPS) is 14.9. The van der Waals surface area contributed by atoms with Gasteiger partial charge in [0.25, 0.3) is 0 Å². The molecule has 24 heavy (non-hydrogen) atoms. The highest BCUT2D eigenvalue weighted by Crippen LogP contribution is 2.22. The summed E-state index contributed by atoms with van der Waals surface area (Å²) in [6.45, 7) is -0.0643. The van der Waals surface area contributed by atoms with Crippen LogP contribution in [0.25, 0.3) is 0 Å². The fraction of sp³-hybridized carbons (Fsp3) is 0.333. The first kappa shape index (κ1) is 16.2. The summed E-state index contributed by atoms with van der Waals surface area (Å²) in [5.74, 6) is -0.738. The minimum atomic E-state index is -0.550. The average molecular weight is 330 g/mol. The number of carbonyl (C=O) groups is 2. The van der Waals surface area contributed by atoms with Crippen molar-refractivity contribution in [2.45, 2.75) is 31.2 Å². The Morgan fingerprint density at radius 1 is 1.21 bits per heavy atom. The van der Waals surface area contributed by atoms with Gasteiger partial charge in [0.15, 0.2) is 0 Å². The van der Waals surface area contributed by atoms with Crippen LogP contribution in [0.1, 0.15) is 30.1 Å². The topological polar surface area (TPSA) is 71.3 Å². The van der Waals surface area contributed by atoms with Crippen LogP contribution in [-0.2, 0) is 16.0 Å². The molecular weight excluding hydrogens is 311 g/mol. The maximum Gasteiger partial charge on any atom is 0.239 e. The summed E-state index contributed by atoms with van der Waals surface area (Å²) in [5, 5.41) is 5.47. The predicted molar refractivity (Wildman–Crippen MR) is 85.7 cm³/mol. The lowest BCUT2D eigenvalue weighted by molar-refractivity contribution is -0.127. The lowest BCUT2D eigenvalue weighted by Gasteiger charge is -2.16. The van der Waals surface area contributed by atoms with Gasteiger partial charge in [0.1, 0.15) is 11.6 Å². The van der Waals surface area contributed by atoms with Crippen LogP contribution < -0.4 is 10.6 Å². The molecule has 3 rings (SSSR count). The number of halogens is 1. The van der Waals surface area contributed by atoms with Crippen LogP contribution in [0.5, 0.6) is 0 Å². The minimum Gasteiger partial charge on any atom is -0.469 e. The van der Waals surface area contributed by atoms with Gasteiger partial charge in [-0.05, 0) is 42.7 Å². The SMILES string of the molecule is O=C(CNC(=O)C(Cc1ccco1)c1ccc(F)cc1)NC1CC1. The summed E-state index contributed by atoms with van der Waals surface area (Å²) < 4.78 is 18.5. The van der Waals surface area contributed by atoms with E-state index in [2.05, 4.69) is 10.6 Å². The molecule has 0 bridgehead atoms. The van der Waals surface area contributed by atoms with Gasteiger partial charge in [-0.1, -0.05) is 12.1 Å². The quantitative estimate of drug-likeness (QED) is 0.817. The second-order valence-electron chi connectivity index (χ2n) is 5.95. The van der Waals surface area contributed by atoms with Gasteiger partial charge < -0.3 is 15.1 Å². The van der Waals surface area contributed by atoms with E-state index in [0.29, 0.717) is 17.7 Å². The fourth-order valence-electron chi connectivity index (χ4n) is 2.48. The van der Waals surface area contributed by atoms with Crippen molar-refractivity contribution in [3.05, 3.63) is 59.8 Å². The zero-order valence-electron chi connectivity index (χ0n) is 13.1. The maximum atomic E-state index is 13.1. The van der Waals surface area contributed by atoms with Crippen molar-refractivity contribution in [2.75, 3.05) is 6.54 Å². The molecule has 2 N–H and O–H groups in total. The Hall–Kier alpha value is -2.63. The summed E-state index contributed by atoms with van der Waals surface area (Å²) in [7, 11) is 0. The zero-order valence-corrected chi connectivity index (χ0v) is 13.1. The molecule has 1 aliphatic carbocycles. The monoisotopic (exact) mass is 330 g/mol. The van der Waals surface area contributed by atoms with Crippen LogP contribution in [0.4, 0.5) is 4.39 Å². The Kier molecular flexibility index (Phi) is 4.93. The highest BCUT2D eigenvalue weighted by molar-refractivity contribution is 5.88. The van der Waals surface area contributed by atoms with Gasteiger partial charge in [-0.15, -0.1) is 0 Å². The second kappa shape index (κ2) is 7.29. The highest BCUT2D eigenvalue weighted by Gasteiger charge is 2.25. The first-order valence-electron chi connectivity index (χ1n) is 7.97. The van der Waals surface area contributed by atoms with Gasteiger partial charge in [0.2, 0.25) is 11.8 Å². The Morgan fingerprint density at radius 3 is 2.58 bits per heavy atom. The standard InChI is InChI=1S/C18H19FN2O3/c19-13-5-3-12(4-6-13)16(10-15-2-1-9-24-15)18(23)20-11-17(22)21-14-7-8-14/h1-6,9,14,16H,7-8,10-11H2,(H,20,23)(H,21,22). The molecule has 1 heterocycles. The maximum absolute atomic E-state index is 13.1. The van der Waals surface area contributed by atoms with Gasteiger partial charge in [-0.2, -0.15) is 0 Å². The van der Waals surface area contributed by atoms with E-state index in [9.17, 15) is 14.0 Å². The summed E-state index contributed by atoms with van der Waals surface area (Å²) >= 11 is 0. The molecule has 1 aromatic carbocycles. The van der Waals surface area contributed by atoms with Crippen LogP contribution in [0.3, 0.4) is 0 Å². The molecule has 0 radical (unpaired) electrons. The van der Waals surface area contributed by atoms with Crippen molar-refractivity contribution in [1.29, 1.82) is 0 Å². The molecule has 1 aromatic heterocycles. The third-order valence-corrected chi connectivity index (χ3v) is 3.94. The van der Waals surface area contributed by atoms with E-state index in [1.807, 2.05) is 0 Å². The lowest BCUT2D eigenvalue weighted by atomic mass is 9.93. The van der Waals surface area contributed by atoms with Gasteiger partial charge in [-0.25, -0.2) is 4.39 Å². The Morgan fingerprint density at radius 2 is 1.96 bits per heavy atom. The molecular formula is C18H19FN2O3. The number of amides is 2. The molecule has 0 saturated heterocycles. The van der Waals surface area contributed by atoms with Crippen molar-refractivity contribution in [2.24, 2.45) is 0 Å². The van der Waals surface area contributed by atoms with Crippen LogP contribution >= 0.6 is 0 Å². The van der Waals surface area contributed by atoms with Gasteiger partial charge in [0.05, 0.1) is 18.7 Å². The Bertz CT molecular complexity index is 694. The third kappa shape index (κ3) is 4.44. The third-order valence-electron chi connectivity index (χ3n) is 3.94. The van der Waals surface area contributed by atoms with Crippen LogP contribution in [-0.4, -0.2) is 24.4 Å². The summed E-state index contributed by atoms with van der Waals surface area (Å²) in [4.78, 5) is 24.3. The first-order chi connectivity index (χ1) is 11.6. The van der Waals surface area contributed by atoms with E-state index in [-0.39, 0.29) is 30.2 Å². The molecule has 126 valence electrons. The molecule has 1 aliphatic rings. The number of hydrogen-bond acceptors (Lipinski definition) is 3. The molecule has 6 heteroatoms. The van der Waals surface area contributed by atoms with Crippen LogP contribution in [0.2, 0.25) is 0 Å². The van der Waals surface area contributed by atoms with Crippen LogP contribution in [0.15, 0.2) is 47.1 Å². The van der Waals surface area contributed by atoms with E-state index in [1.165, 1.54) is 18.4 Å². The number of nitrogens with one attached hydrogen (secondary N) is 2. The van der Waals surface area contributed by atoms with E-state index in [4.69, 9.17) is 4.42 Å². The summed E-state index contributed by atoms with van der Waals surface area (Å²) in [6, 6.07) is 9.57. The Balaban J connectivity index is 1.66. The van der Waals surface area contributed by atoms with Crippen molar-refractivity contribution >= 4 is 11.8 Å². The molecule has 1 unspecified atom stereocenters. The summed E-state index contributed by atoms with van der Waals surface area (Å²) in [5.41, 5.74) is 0.674. The average Bonchev–Trinajstić information content (AvgIpc) is 3.23. The Labute approximate surface area is 139 Å². The molecule has 5 nitrogen and oxygen atoms in total. The largest absolute Gasteiger partial charge is 0.469 e. The highest BCUT2D eigenvalue weighted by atomic mass is 19.1. The van der Waals surface area contributed by atoms with Gasteiger partial charge in [-0.3, -0.25) is 9.59 Å². The predicted octanol–water partition coefficient (Wildman–Crippen LogP) is 2.14. The number of rotatable bonds is 7. The molecule has 1 atom stereocenters. The van der Waals surface area contributed by atoms with E-state index >= 15 is 0 Å². The lowest BCUT2D eigenvalue weighted by Crippen LogP contribution is -2.40. The molecule has 0 spiro atoms. The van der Waals surface area contributed by atoms with E-state index < -0.39 is 5.92 Å². The van der Waals surface area contributed by atoms with Crippen molar-refractivity contribution in [3.63, 3.8) is 0 Å². The van der Waals surface area contributed by atoms with Gasteiger partial charge >= 0.3 is 0 Å². The molecule has 0 aliphatic heterocycles. The number of benzene rings is 1. The fourth-order valence-corrected chi connectivity index (χ4v) is 2.48. The number of hydrogen-bond donors (Lipinski definition) is 2. The zero-order chi connectivity index (χ0) is 16.9. The van der Waals surface area contributed by atoms with Gasteiger partial charge in [0, 0.05) is 12.5 Å². The summed E-state index contributed by atoms with van der Waals surface area (Å²) in [6.07, 6.45) is 3.87. The molecule has 2 amide bonds. The number of furan rings is 1.